The zero-order valence-corrected chi connectivity index (χ0v) is 14.8. The summed E-state index contributed by atoms with van der Waals surface area (Å²) in [4.78, 5) is 2.65. The van der Waals surface area contributed by atoms with E-state index >= 15 is 0 Å². The molecule has 3 saturated heterocycles. The van der Waals surface area contributed by atoms with Crippen LogP contribution in [0.3, 0.4) is 0 Å². The Hall–Kier alpha value is -0.980. The second-order valence-corrected chi connectivity index (χ2v) is 8.13. The van der Waals surface area contributed by atoms with Crippen LogP contribution in [0.1, 0.15) is 31.2 Å². The number of piperazine rings is 1. The third kappa shape index (κ3) is 3.02. The van der Waals surface area contributed by atoms with Crippen molar-refractivity contribution in [2.75, 3.05) is 33.0 Å². The number of ether oxygens (including phenoxy) is 3. The van der Waals surface area contributed by atoms with Crippen LogP contribution in [0.2, 0.25) is 0 Å². The predicted octanol–water partition coefficient (Wildman–Crippen LogP) is 1.92. The van der Waals surface area contributed by atoms with E-state index in [9.17, 15) is 0 Å². The standard InChI is InChI=1S/C20H28N2O3/c1-2-4-16(5-3-1)12-22-15-19(21-17-13-23-14-18(17)22)6-8-20(9-7-19)24-10-11-25-20/h1-5,17-18,21H,6-15H2/t17-,18-/m0/s1. The molecular formula is C20H28N2O3. The van der Waals surface area contributed by atoms with Crippen molar-refractivity contribution in [1.29, 1.82) is 0 Å². The average Bonchev–Trinajstić information content (AvgIpc) is 3.29. The molecule has 5 rings (SSSR count). The summed E-state index contributed by atoms with van der Waals surface area (Å²) in [5, 5.41) is 3.98. The maximum Gasteiger partial charge on any atom is 0.168 e. The molecule has 4 fully saturated rings. The highest BCUT2D eigenvalue weighted by Gasteiger charge is 2.52. The quantitative estimate of drug-likeness (QED) is 0.888. The monoisotopic (exact) mass is 344 g/mol. The lowest BCUT2D eigenvalue weighted by Crippen LogP contribution is -2.69. The van der Waals surface area contributed by atoms with Gasteiger partial charge in [0.15, 0.2) is 5.79 Å². The molecule has 3 heterocycles. The van der Waals surface area contributed by atoms with Crippen LogP contribution in [-0.4, -0.2) is 61.3 Å². The van der Waals surface area contributed by atoms with Gasteiger partial charge in [-0.1, -0.05) is 30.3 Å². The van der Waals surface area contributed by atoms with E-state index in [4.69, 9.17) is 14.2 Å². The minimum Gasteiger partial charge on any atom is -0.378 e. The minimum atomic E-state index is -0.291. The summed E-state index contributed by atoms with van der Waals surface area (Å²) in [6.07, 6.45) is 4.22. The number of hydrogen-bond acceptors (Lipinski definition) is 5. The highest BCUT2D eigenvalue weighted by Crippen LogP contribution is 2.43. The van der Waals surface area contributed by atoms with E-state index in [0.29, 0.717) is 12.1 Å². The largest absolute Gasteiger partial charge is 0.378 e. The molecule has 2 atom stereocenters. The van der Waals surface area contributed by atoms with Gasteiger partial charge >= 0.3 is 0 Å². The maximum atomic E-state index is 5.94. The van der Waals surface area contributed by atoms with Gasteiger partial charge in [-0.25, -0.2) is 0 Å². The number of nitrogens with zero attached hydrogens (tertiary/aromatic N) is 1. The lowest BCUT2D eigenvalue weighted by Gasteiger charge is -2.53. The topological polar surface area (TPSA) is 43.0 Å². The number of benzene rings is 1. The molecule has 0 amide bonds. The van der Waals surface area contributed by atoms with Crippen LogP contribution >= 0.6 is 0 Å². The van der Waals surface area contributed by atoms with Crippen molar-refractivity contribution < 1.29 is 14.2 Å². The van der Waals surface area contributed by atoms with E-state index in [1.807, 2.05) is 0 Å². The summed E-state index contributed by atoms with van der Waals surface area (Å²) < 4.78 is 17.7. The fraction of sp³-hybridized carbons (Fsp3) is 0.700. The number of fused-ring (bicyclic) bond motifs is 1. The molecule has 5 heteroatoms. The van der Waals surface area contributed by atoms with Crippen LogP contribution in [0, 0.1) is 0 Å². The molecule has 4 aliphatic rings. The van der Waals surface area contributed by atoms with Crippen molar-refractivity contribution in [3.05, 3.63) is 35.9 Å². The smallest absolute Gasteiger partial charge is 0.168 e. The zero-order chi connectivity index (χ0) is 16.7. The molecule has 0 aromatic heterocycles. The second-order valence-electron chi connectivity index (χ2n) is 8.13. The van der Waals surface area contributed by atoms with Crippen molar-refractivity contribution >= 4 is 0 Å². The van der Waals surface area contributed by atoms with E-state index in [0.717, 1.165) is 65.2 Å². The van der Waals surface area contributed by atoms with E-state index in [1.54, 1.807) is 0 Å². The molecule has 0 unspecified atom stereocenters. The molecule has 1 N–H and O–H groups in total. The molecular weight excluding hydrogens is 316 g/mol. The predicted molar refractivity (Wildman–Crippen MR) is 94.2 cm³/mol. The fourth-order valence-corrected chi connectivity index (χ4v) is 5.17. The lowest BCUT2D eigenvalue weighted by atomic mass is 9.75. The van der Waals surface area contributed by atoms with Crippen LogP contribution < -0.4 is 5.32 Å². The summed E-state index contributed by atoms with van der Waals surface area (Å²) in [6.45, 7) is 5.26. The van der Waals surface area contributed by atoms with E-state index in [-0.39, 0.29) is 11.3 Å². The first-order valence-corrected chi connectivity index (χ1v) is 9.67. The summed E-state index contributed by atoms with van der Waals surface area (Å²) in [6, 6.07) is 11.7. The van der Waals surface area contributed by atoms with Gasteiger partial charge in [-0.15, -0.1) is 0 Å². The minimum absolute atomic E-state index is 0.171. The average molecular weight is 344 g/mol. The van der Waals surface area contributed by atoms with E-state index < -0.39 is 0 Å². The van der Waals surface area contributed by atoms with Gasteiger partial charge in [0, 0.05) is 37.5 Å². The molecule has 5 nitrogen and oxygen atoms in total. The van der Waals surface area contributed by atoms with Crippen molar-refractivity contribution in [2.24, 2.45) is 0 Å². The van der Waals surface area contributed by atoms with Crippen molar-refractivity contribution in [2.45, 2.75) is 55.6 Å². The first-order chi connectivity index (χ1) is 12.3. The Morgan fingerprint density at radius 2 is 1.76 bits per heavy atom. The SMILES string of the molecule is c1ccc(CN2CC3(CCC4(CC3)OCCO4)N[C@H]3COC[C@@H]32)cc1. The summed E-state index contributed by atoms with van der Waals surface area (Å²) in [7, 11) is 0. The van der Waals surface area contributed by atoms with Crippen LogP contribution in [0.15, 0.2) is 30.3 Å². The Morgan fingerprint density at radius 1 is 1.00 bits per heavy atom. The molecule has 1 aromatic rings. The van der Waals surface area contributed by atoms with Crippen LogP contribution in [0.5, 0.6) is 0 Å². The zero-order valence-electron chi connectivity index (χ0n) is 14.8. The Balaban J connectivity index is 1.33. The van der Waals surface area contributed by atoms with E-state index in [2.05, 4.69) is 40.5 Å². The van der Waals surface area contributed by atoms with Gasteiger partial charge in [-0.2, -0.15) is 0 Å². The van der Waals surface area contributed by atoms with Crippen molar-refractivity contribution in [3.8, 4) is 0 Å². The summed E-state index contributed by atoms with van der Waals surface area (Å²) in [5.74, 6) is -0.291. The molecule has 136 valence electrons. The van der Waals surface area contributed by atoms with Crippen LogP contribution in [0.25, 0.3) is 0 Å². The van der Waals surface area contributed by atoms with Gasteiger partial charge < -0.3 is 19.5 Å². The Kier molecular flexibility index (Phi) is 4.10. The fourth-order valence-electron chi connectivity index (χ4n) is 5.17. The lowest BCUT2D eigenvalue weighted by molar-refractivity contribution is -0.190. The Bertz CT molecular complexity index is 592. The Labute approximate surface area is 149 Å². The van der Waals surface area contributed by atoms with Gasteiger partial charge in [0.1, 0.15) is 0 Å². The van der Waals surface area contributed by atoms with Crippen molar-refractivity contribution in [1.82, 2.24) is 10.2 Å². The maximum absolute atomic E-state index is 5.94. The van der Waals surface area contributed by atoms with Gasteiger partial charge in [0.25, 0.3) is 0 Å². The van der Waals surface area contributed by atoms with Gasteiger partial charge in [0.2, 0.25) is 0 Å². The molecule has 1 aromatic carbocycles. The molecule has 0 radical (unpaired) electrons. The summed E-state index contributed by atoms with van der Waals surface area (Å²) >= 11 is 0. The molecule has 2 spiro atoms. The van der Waals surface area contributed by atoms with E-state index in [1.165, 1.54) is 5.56 Å². The molecule has 1 aliphatic carbocycles. The number of nitrogens with one attached hydrogen (secondary N) is 1. The second kappa shape index (κ2) is 6.32. The normalized spacial score (nSPS) is 33.8. The first-order valence-electron chi connectivity index (χ1n) is 9.67. The molecule has 1 saturated carbocycles. The first kappa shape index (κ1) is 16.2. The Morgan fingerprint density at radius 3 is 2.52 bits per heavy atom. The molecule has 25 heavy (non-hydrogen) atoms. The van der Waals surface area contributed by atoms with Gasteiger partial charge in [-0.3, -0.25) is 4.90 Å². The molecule has 0 bridgehead atoms. The highest BCUT2D eigenvalue weighted by molar-refractivity contribution is 5.16. The highest BCUT2D eigenvalue weighted by atomic mass is 16.7. The van der Waals surface area contributed by atoms with Crippen LogP contribution in [0.4, 0.5) is 0 Å². The van der Waals surface area contributed by atoms with Gasteiger partial charge in [-0.05, 0) is 18.4 Å². The number of rotatable bonds is 2. The number of hydrogen-bond donors (Lipinski definition) is 1. The van der Waals surface area contributed by atoms with Crippen molar-refractivity contribution in [3.63, 3.8) is 0 Å². The third-order valence-electron chi connectivity index (χ3n) is 6.53. The van der Waals surface area contributed by atoms with Crippen LogP contribution in [-0.2, 0) is 20.8 Å². The summed E-state index contributed by atoms with van der Waals surface area (Å²) in [5.41, 5.74) is 1.56. The third-order valence-corrected chi connectivity index (χ3v) is 6.53. The molecule has 3 aliphatic heterocycles. The van der Waals surface area contributed by atoms with Gasteiger partial charge in [0.05, 0.1) is 32.5 Å².